The van der Waals surface area contributed by atoms with Crippen molar-refractivity contribution in [3.05, 3.63) is 63.7 Å². The van der Waals surface area contributed by atoms with Crippen LogP contribution in [0.1, 0.15) is 37.0 Å². The first-order valence-electron chi connectivity index (χ1n) is 11.7. The van der Waals surface area contributed by atoms with Crippen LogP contribution >= 0.6 is 0 Å². The summed E-state index contributed by atoms with van der Waals surface area (Å²) in [6.45, 7) is 2.85. The van der Waals surface area contributed by atoms with Crippen LogP contribution in [0.4, 0.5) is 32.2 Å². The van der Waals surface area contributed by atoms with Crippen molar-refractivity contribution < 1.29 is 41.0 Å². The van der Waals surface area contributed by atoms with E-state index >= 15 is 0 Å². The Balaban J connectivity index is 1.94. The van der Waals surface area contributed by atoms with Crippen LogP contribution in [0, 0.1) is 23.4 Å². The van der Waals surface area contributed by atoms with E-state index < -0.39 is 87.6 Å². The monoisotopic (exact) mass is 556 g/mol. The zero-order valence-corrected chi connectivity index (χ0v) is 20.5. The average molecular weight is 556 g/mol. The first-order valence-corrected chi connectivity index (χ1v) is 11.7. The molecule has 1 aromatic carbocycles. The summed E-state index contributed by atoms with van der Waals surface area (Å²) >= 11 is 0. The van der Waals surface area contributed by atoms with Crippen molar-refractivity contribution in [3.8, 4) is 5.69 Å². The number of fused-ring (bicyclic) bond motifs is 1. The first kappa shape index (κ1) is 28.1. The molecular weight excluding hydrogens is 534 g/mol. The first-order chi connectivity index (χ1) is 18.2. The summed E-state index contributed by atoms with van der Waals surface area (Å²) in [7, 11) is 0. The second-order valence-corrected chi connectivity index (χ2v) is 9.56. The van der Waals surface area contributed by atoms with Crippen molar-refractivity contribution in [2.75, 3.05) is 11.4 Å². The van der Waals surface area contributed by atoms with Crippen LogP contribution in [0.5, 0.6) is 0 Å². The zero-order chi connectivity index (χ0) is 28.8. The number of alkyl halides is 3. The Morgan fingerprint density at radius 1 is 1.15 bits per heavy atom. The minimum Gasteiger partial charge on any atom is -0.391 e. The average Bonchev–Trinajstić information content (AvgIpc) is 3.16. The number of hydrogen-bond acceptors (Lipinski definition) is 5. The largest absolute Gasteiger partial charge is 0.408 e. The summed E-state index contributed by atoms with van der Waals surface area (Å²) in [5.41, 5.74) is -3.42. The lowest BCUT2D eigenvalue weighted by Gasteiger charge is -2.23. The van der Waals surface area contributed by atoms with Gasteiger partial charge in [0, 0.05) is 18.3 Å². The summed E-state index contributed by atoms with van der Waals surface area (Å²) in [5, 5.41) is 11.1. The van der Waals surface area contributed by atoms with E-state index in [1.165, 1.54) is 19.9 Å². The number of hydrogen-bond donors (Lipinski definition) is 2. The third kappa shape index (κ3) is 5.60. The number of aromatic nitrogens is 2. The van der Waals surface area contributed by atoms with E-state index in [-0.39, 0.29) is 18.8 Å². The minimum absolute atomic E-state index is 0.105. The number of β-amino-alcohol motifs (C(OH)–C–C–N with tert-alkyl or cyclic N) is 1. The molecule has 39 heavy (non-hydrogen) atoms. The van der Waals surface area contributed by atoms with Gasteiger partial charge in [-0.3, -0.25) is 23.9 Å². The van der Waals surface area contributed by atoms with Gasteiger partial charge in [0.1, 0.15) is 28.9 Å². The van der Waals surface area contributed by atoms with E-state index in [0.29, 0.717) is 22.9 Å². The molecule has 4 rings (SSSR count). The SMILES string of the molecule is CC(C)C[C@H](NC(=O)c1cn(-c2c(F)cc(F)cc2F)c2nc(N3C[C@@H](O)CC3=O)ccc2c1=O)C(F)(F)F. The molecule has 208 valence electrons. The Hall–Kier alpha value is -3.94. The fourth-order valence-corrected chi connectivity index (χ4v) is 4.33. The molecule has 14 heteroatoms. The van der Waals surface area contributed by atoms with Crippen molar-refractivity contribution in [1.29, 1.82) is 0 Å². The molecule has 2 amide bonds. The number of rotatable bonds is 6. The third-order valence-corrected chi connectivity index (χ3v) is 6.09. The molecule has 0 saturated carbocycles. The molecule has 2 atom stereocenters. The maximum absolute atomic E-state index is 14.8. The maximum atomic E-state index is 14.8. The van der Waals surface area contributed by atoms with Crippen molar-refractivity contribution in [1.82, 2.24) is 14.9 Å². The van der Waals surface area contributed by atoms with Crippen LogP contribution in [0.2, 0.25) is 0 Å². The molecule has 1 aliphatic rings. The highest BCUT2D eigenvalue weighted by Gasteiger charge is 2.41. The number of amides is 2. The standard InChI is InChI=1S/C25H22F6N4O4/c1-11(2)5-18(25(29,30)31)32-24(39)15-10-35(21-16(27)6-12(26)7-17(21)28)23-14(22(15)38)3-4-19(33-23)34-9-13(36)8-20(34)37/h3-4,6-7,10-11,13,18,36H,5,8-9H2,1-2H3,(H,32,39)/t13-,18-/m0/s1. The van der Waals surface area contributed by atoms with E-state index in [4.69, 9.17) is 0 Å². The Kier molecular flexibility index (Phi) is 7.43. The summed E-state index contributed by atoms with van der Waals surface area (Å²) in [6, 6.07) is 0.602. The number of carbonyl (C=O) groups excluding carboxylic acids is 2. The van der Waals surface area contributed by atoms with E-state index in [1.54, 1.807) is 5.32 Å². The molecule has 3 aromatic rings. The third-order valence-electron chi connectivity index (χ3n) is 6.09. The number of nitrogens with zero attached hydrogens (tertiary/aromatic N) is 3. The number of halogens is 6. The number of benzene rings is 1. The van der Waals surface area contributed by atoms with Crippen LogP contribution < -0.4 is 15.6 Å². The van der Waals surface area contributed by atoms with Crippen LogP contribution in [-0.4, -0.2) is 51.3 Å². The predicted molar refractivity (Wildman–Crippen MR) is 127 cm³/mol. The molecular formula is C25H22F6N4O4. The number of nitrogens with one attached hydrogen (secondary N) is 1. The molecule has 8 nitrogen and oxygen atoms in total. The molecule has 2 aromatic heterocycles. The van der Waals surface area contributed by atoms with E-state index in [2.05, 4.69) is 4.98 Å². The van der Waals surface area contributed by atoms with Crippen molar-refractivity contribution in [3.63, 3.8) is 0 Å². The highest BCUT2D eigenvalue weighted by Crippen LogP contribution is 2.28. The summed E-state index contributed by atoms with van der Waals surface area (Å²) < 4.78 is 84.6. The minimum atomic E-state index is -4.85. The van der Waals surface area contributed by atoms with Gasteiger partial charge in [-0.1, -0.05) is 13.8 Å². The van der Waals surface area contributed by atoms with Gasteiger partial charge in [-0.05, 0) is 24.5 Å². The van der Waals surface area contributed by atoms with Crippen LogP contribution in [0.3, 0.4) is 0 Å². The van der Waals surface area contributed by atoms with E-state index in [0.717, 1.165) is 11.0 Å². The number of aliphatic hydroxyl groups is 1. The molecule has 0 bridgehead atoms. The van der Waals surface area contributed by atoms with Gasteiger partial charge in [0.15, 0.2) is 17.3 Å². The lowest BCUT2D eigenvalue weighted by molar-refractivity contribution is -0.156. The quantitative estimate of drug-likeness (QED) is 0.452. The van der Waals surface area contributed by atoms with Crippen LogP contribution in [0.25, 0.3) is 16.7 Å². The summed E-state index contributed by atoms with van der Waals surface area (Å²) in [6.07, 6.45) is -5.97. The smallest absolute Gasteiger partial charge is 0.391 e. The van der Waals surface area contributed by atoms with Gasteiger partial charge in [0.2, 0.25) is 11.3 Å². The Labute approximate surface area is 216 Å². The van der Waals surface area contributed by atoms with Gasteiger partial charge in [-0.25, -0.2) is 18.2 Å². The van der Waals surface area contributed by atoms with Crippen molar-refractivity contribution in [2.45, 2.75) is 45.0 Å². The molecule has 2 N–H and O–H groups in total. The molecule has 0 spiro atoms. The summed E-state index contributed by atoms with van der Waals surface area (Å²) in [5.74, 6) is -6.77. The molecule has 0 radical (unpaired) electrons. The second-order valence-electron chi connectivity index (χ2n) is 9.56. The molecule has 0 aliphatic carbocycles. The normalized spacial score (nSPS) is 16.8. The van der Waals surface area contributed by atoms with Crippen molar-refractivity contribution in [2.24, 2.45) is 5.92 Å². The molecule has 3 heterocycles. The van der Waals surface area contributed by atoms with Gasteiger partial charge in [-0.15, -0.1) is 0 Å². The second kappa shape index (κ2) is 10.3. The molecule has 1 aliphatic heterocycles. The topological polar surface area (TPSA) is 105 Å². The Morgan fingerprint density at radius 3 is 2.33 bits per heavy atom. The lowest BCUT2D eigenvalue weighted by atomic mass is 10.0. The number of pyridine rings is 2. The number of carbonyl (C=O) groups is 2. The fraction of sp³-hybridized carbons (Fsp3) is 0.360. The molecule has 1 saturated heterocycles. The van der Waals surface area contributed by atoms with Crippen LogP contribution in [0.15, 0.2) is 35.3 Å². The Bertz CT molecular complexity index is 1500. The molecule has 0 unspecified atom stereocenters. The highest BCUT2D eigenvalue weighted by molar-refractivity contribution is 5.99. The van der Waals surface area contributed by atoms with E-state index in [9.17, 15) is 45.8 Å². The summed E-state index contributed by atoms with van der Waals surface area (Å²) in [4.78, 5) is 43.6. The number of aliphatic hydroxyl groups excluding tert-OH is 1. The predicted octanol–water partition coefficient (Wildman–Crippen LogP) is 3.61. The van der Waals surface area contributed by atoms with E-state index in [1.807, 2.05) is 0 Å². The maximum Gasteiger partial charge on any atom is 0.408 e. The number of anilines is 1. The van der Waals surface area contributed by atoms with Gasteiger partial charge < -0.3 is 10.4 Å². The molecule has 1 fully saturated rings. The van der Waals surface area contributed by atoms with Gasteiger partial charge in [0.05, 0.1) is 24.5 Å². The van der Waals surface area contributed by atoms with Gasteiger partial charge in [-0.2, -0.15) is 13.2 Å². The lowest BCUT2D eigenvalue weighted by Crippen LogP contribution is -2.47. The van der Waals surface area contributed by atoms with Gasteiger partial charge >= 0.3 is 6.18 Å². The highest BCUT2D eigenvalue weighted by atomic mass is 19.4. The van der Waals surface area contributed by atoms with Crippen LogP contribution in [-0.2, 0) is 4.79 Å². The fourth-order valence-electron chi connectivity index (χ4n) is 4.33. The van der Waals surface area contributed by atoms with Gasteiger partial charge in [0.25, 0.3) is 5.91 Å². The Morgan fingerprint density at radius 2 is 1.79 bits per heavy atom. The zero-order valence-electron chi connectivity index (χ0n) is 20.5. The van der Waals surface area contributed by atoms with Crippen molar-refractivity contribution >= 4 is 28.7 Å².